The molecule has 0 radical (unpaired) electrons. The van der Waals surface area contributed by atoms with Crippen LogP contribution in [0.3, 0.4) is 0 Å². The van der Waals surface area contributed by atoms with E-state index >= 15 is 0 Å². The molecule has 0 spiro atoms. The van der Waals surface area contributed by atoms with Crippen LogP contribution in [-0.2, 0) is 14.3 Å². The van der Waals surface area contributed by atoms with Crippen molar-refractivity contribution in [3.63, 3.8) is 0 Å². The molecule has 2 fully saturated rings. The van der Waals surface area contributed by atoms with Gasteiger partial charge < -0.3 is 9.64 Å². The van der Waals surface area contributed by atoms with E-state index in [9.17, 15) is 9.59 Å². The molecule has 1 amide bonds. The third kappa shape index (κ3) is 2.09. The van der Waals surface area contributed by atoms with Crippen LogP contribution in [0.2, 0.25) is 0 Å². The molecule has 22 heavy (non-hydrogen) atoms. The molecular weight excluding hydrogens is 278 g/mol. The minimum absolute atomic E-state index is 0.0556. The van der Waals surface area contributed by atoms with Crippen molar-refractivity contribution in [1.29, 1.82) is 0 Å². The first-order valence-electron chi connectivity index (χ1n) is 8.25. The zero-order chi connectivity index (χ0) is 15.1. The normalized spacial score (nSPS) is 30.8. The average molecular weight is 299 g/mol. The maximum atomic E-state index is 13.1. The topological polar surface area (TPSA) is 46.6 Å². The summed E-state index contributed by atoms with van der Waals surface area (Å²) < 4.78 is 5.36. The number of hydrogen-bond donors (Lipinski definition) is 0. The van der Waals surface area contributed by atoms with Crippen LogP contribution in [0.15, 0.2) is 24.3 Å². The number of rotatable bonds is 1. The molecule has 0 bridgehead atoms. The summed E-state index contributed by atoms with van der Waals surface area (Å²) in [6.07, 6.45) is 2.56. The number of ketones is 1. The Kier molecular flexibility index (Phi) is 3.49. The number of fused-ring (bicyclic) bond motifs is 3. The Morgan fingerprint density at radius 1 is 1.14 bits per heavy atom. The van der Waals surface area contributed by atoms with Gasteiger partial charge in [-0.15, -0.1) is 0 Å². The van der Waals surface area contributed by atoms with Crippen LogP contribution in [0.5, 0.6) is 0 Å². The van der Waals surface area contributed by atoms with Gasteiger partial charge in [0.05, 0.1) is 19.1 Å². The maximum Gasteiger partial charge on any atom is 0.230 e. The fourth-order valence-electron chi connectivity index (χ4n) is 4.44. The van der Waals surface area contributed by atoms with Crippen molar-refractivity contribution in [2.24, 2.45) is 5.92 Å². The molecule has 4 heteroatoms. The molecule has 4 rings (SSSR count). The lowest BCUT2D eigenvalue weighted by Crippen LogP contribution is -2.44. The molecule has 0 aromatic heterocycles. The molecule has 1 saturated heterocycles. The van der Waals surface area contributed by atoms with E-state index in [1.54, 1.807) is 0 Å². The fraction of sp³-hybridized carbons (Fsp3) is 0.556. The summed E-state index contributed by atoms with van der Waals surface area (Å²) in [5.41, 5.74) is 2.19. The number of carbonyl (C=O) groups excluding carboxylic acids is 2. The highest BCUT2D eigenvalue weighted by atomic mass is 16.5. The van der Waals surface area contributed by atoms with Crippen LogP contribution in [-0.4, -0.2) is 42.9 Å². The monoisotopic (exact) mass is 299 g/mol. The molecule has 1 aliphatic heterocycles. The molecule has 116 valence electrons. The van der Waals surface area contributed by atoms with E-state index in [0.717, 1.165) is 24.0 Å². The van der Waals surface area contributed by atoms with Crippen molar-refractivity contribution >= 4 is 11.7 Å². The van der Waals surface area contributed by atoms with Crippen molar-refractivity contribution in [2.75, 3.05) is 26.3 Å². The minimum Gasteiger partial charge on any atom is -0.378 e. The first-order valence-corrected chi connectivity index (χ1v) is 8.25. The van der Waals surface area contributed by atoms with Gasteiger partial charge in [-0.3, -0.25) is 9.59 Å². The Labute approximate surface area is 130 Å². The maximum absolute atomic E-state index is 13.1. The SMILES string of the molecule is O=C1CCCC2C1c1ccccc1C2C(=O)N1CCOCC1. The van der Waals surface area contributed by atoms with Gasteiger partial charge in [0.1, 0.15) is 5.78 Å². The van der Waals surface area contributed by atoms with Gasteiger partial charge in [0.25, 0.3) is 0 Å². The zero-order valence-electron chi connectivity index (χ0n) is 12.7. The van der Waals surface area contributed by atoms with Gasteiger partial charge in [-0.05, 0) is 29.9 Å². The quantitative estimate of drug-likeness (QED) is 0.798. The van der Waals surface area contributed by atoms with E-state index in [1.165, 1.54) is 0 Å². The van der Waals surface area contributed by atoms with Gasteiger partial charge in [-0.1, -0.05) is 24.3 Å². The Hall–Kier alpha value is -1.68. The van der Waals surface area contributed by atoms with Crippen LogP contribution in [0, 0.1) is 5.92 Å². The molecule has 3 atom stereocenters. The minimum atomic E-state index is -0.136. The summed E-state index contributed by atoms with van der Waals surface area (Å²) in [5, 5.41) is 0. The first-order chi connectivity index (χ1) is 10.8. The number of carbonyl (C=O) groups is 2. The van der Waals surface area contributed by atoms with E-state index in [0.29, 0.717) is 38.5 Å². The van der Waals surface area contributed by atoms with Crippen LogP contribution < -0.4 is 0 Å². The highest BCUT2D eigenvalue weighted by Crippen LogP contribution is 2.52. The number of Topliss-reactive ketones (excluding diaryl/α,β-unsaturated/α-hetero) is 1. The third-order valence-electron chi connectivity index (χ3n) is 5.42. The van der Waals surface area contributed by atoms with Crippen molar-refractivity contribution in [3.05, 3.63) is 35.4 Å². The van der Waals surface area contributed by atoms with Crippen molar-refractivity contribution in [3.8, 4) is 0 Å². The fourth-order valence-corrected chi connectivity index (χ4v) is 4.44. The number of morpholine rings is 1. The van der Waals surface area contributed by atoms with Crippen LogP contribution in [0.1, 0.15) is 42.2 Å². The lowest BCUT2D eigenvalue weighted by atomic mass is 9.75. The molecule has 0 N–H and O–H groups in total. The summed E-state index contributed by atoms with van der Waals surface area (Å²) in [6, 6.07) is 8.06. The zero-order valence-corrected chi connectivity index (χ0v) is 12.7. The number of amides is 1. The summed E-state index contributed by atoms with van der Waals surface area (Å²) in [4.78, 5) is 27.4. The smallest absolute Gasteiger partial charge is 0.230 e. The standard InChI is InChI=1S/C18H21NO3/c20-15-7-3-6-14-16(15)12-4-1-2-5-13(12)17(14)18(21)19-8-10-22-11-9-19/h1-2,4-5,14,16-17H,3,6-11H2. The largest absolute Gasteiger partial charge is 0.378 e. The second kappa shape index (κ2) is 5.51. The number of benzene rings is 1. The number of hydrogen-bond acceptors (Lipinski definition) is 3. The second-order valence-corrected chi connectivity index (χ2v) is 6.54. The van der Waals surface area contributed by atoms with Crippen LogP contribution >= 0.6 is 0 Å². The summed E-state index contributed by atoms with van der Waals surface area (Å²) in [5.74, 6) is 0.483. The van der Waals surface area contributed by atoms with Crippen molar-refractivity contribution < 1.29 is 14.3 Å². The molecule has 1 saturated carbocycles. The summed E-state index contributed by atoms with van der Waals surface area (Å²) in [6.45, 7) is 2.58. The average Bonchev–Trinajstić information content (AvgIpc) is 2.90. The van der Waals surface area contributed by atoms with Gasteiger partial charge in [-0.2, -0.15) is 0 Å². The highest BCUT2D eigenvalue weighted by molar-refractivity contribution is 5.93. The third-order valence-corrected chi connectivity index (χ3v) is 5.42. The van der Waals surface area contributed by atoms with Gasteiger partial charge in [0, 0.05) is 25.4 Å². The van der Waals surface area contributed by atoms with Crippen LogP contribution in [0.25, 0.3) is 0 Å². The molecule has 1 heterocycles. The van der Waals surface area contributed by atoms with Crippen molar-refractivity contribution in [2.45, 2.75) is 31.1 Å². The van der Waals surface area contributed by atoms with E-state index < -0.39 is 0 Å². The van der Waals surface area contributed by atoms with E-state index in [2.05, 4.69) is 0 Å². The number of nitrogens with zero attached hydrogens (tertiary/aromatic N) is 1. The van der Waals surface area contributed by atoms with Crippen LogP contribution in [0.4, 0.5) is 0 Å². The van der Waals surface area contributed by atoms with Gasteiger partial charge in [0.15, 0.2) is 0 Å². The van der Waals surface area contributed by atoms with E-state index in [-0.39, 0.29) is 23.7 Å². The lowest BCUT2D eigenvalue weighted by Gasteiger charge is -2.33. The molecular formula is C18H21NO3. The highest BCUT2D eigenvalue weighted by Gasteiger charge is 2.49. The lowest BCUT2D eigenvalue weighted by molar-refractivity contribution is -0.138. The Morgan fingerprint density at radius 3 is 2.64 bits per heavy atom. The second-order valence-electron chi connectivity index (χ2n) is 6.54. The Bertz CT molecular complexity index is 606. The molecule has 4 nitrogen and oxygen atoms in total. The predicted octanol–water partition coefficient (Wildman–Crippen LogP) is 2.10. The molecule has 1 aromatic rings. The van der Waals surface area contributed by atoms with Crippen molar-refractivity contribution in [1.82, 2.24) is 4.90 Å². The molecule has 3 aliphatic rings. The summed E-state index contributed by atoms with van der Waals surface area (Å²) >= 11 is 0. The molecule has 3 unspecified atom stereocenters. The summed E-state index contributed by atoms with van der Waals surface area (Å²) in [7, 11) is 0. The first kappa shape index (κ1) is 13.9. The Balaban J connectivity index is 1.71. The molecule has 2 aliphatic carbocycles. The molecule has 1 aromatic carbocycles. The Morgan fingerprint density at radius 2 is 1.86 bits per heavy atom. The van der Waals surface area contributed by atoms with Gasteiger partial charge in [-0.25, -0.2) is 0 Å². The van der Waals surface area contributed by atoms with E-state index in [1.807, 2.05) is 29.2 Å². The van der Waals surface area contributed by atoms with Gasteiger partial charge in [0.2, 0.25) is 5.91 Å². The van der Waals surface area contributed by atoms with Gasteiger partial charge >= 0.3 is 0 Å². The predicted molar refractivity (Wildman–Crippen MR) is 81.7 cm³/mol. The van der Waals surface area contributed by atoms with E-state index in [4.69, 9.17) is 4.74 Å². The number of ether oxygens (including phenoxy) is 1.